The van der Waals surface area contributed by atoms with Crippen molar-refractivity contribution in [1.82, 2.24) is 0 Å². The quantitative estimate of drug-likeness (QED) is 0.639. The Bertz CT molecular complexity index is 791. The van der Waals surface area contributed by atoms with Gasteiger partial charge >= 0.3 is 5.97 Å². The van der Waals surface area contributed by atoms with Crippen LogP contribution in [0, 0.1) is 10.1 Å². The fraction of sp³-hybridized carbons (Fsp3) is 0. The van der Waals surface area contributed by atoms with Gasteiger partial charge in [0.2, 0.25) is 0 Å². The summed E-state index contributed by atoms with van der Waals surface area (Å²) in [6, 6.07) is 7.57. The highest BCUT2D eigenvalue weighted by Crippen LogP contribution is 2.28. The van der Waals surface area contributed by atoms with E-state index in [9.17, 15) is 19.7 Å². The van der Waals surface area contributed by atoms with Crippen LogP contribution in [-0.2, 0) is 0 Å². The molecule has 2 aromatic rings. The summed E-state index contributed by atoms with van der Waals surface area (Å²) < 4.78 is 0. The van der Waals surface area contributed by atoms with Crippen molar-refractivity contribution in [3.63, 3.8) is 0 Å². The SMILES string of the molecule is O=C(O)c1cccc([N+](=O)[O-])c1C(=O)Nc1ccc(Cl)cc1Cl. The molecule has 2 N–H and O–H groups in total. The van der Waals surface area contributed by atoms with E-state index in [0.29, 0.717) is 5.02 Å². The number of nitrogens with zero attached hydrogens (tertiary/aromatic N) is 1. The van der Waals surface area contributed by atoms with Crippen molar-refractivity contribution in [2.45, 2.75) is 0 Å². The Morgan fingerprint density at radius 1 is 1.17 bits per heavy atom. The van der Waals surface area contributed by atoms with Gasteiger partial charge in [0.1, 0.15) is 5.56 Å². The fourth-order valence-corrected chi connectivity index (χ4v) is 2.34. The van der Waals surface area contributed by atoms with E-state index < -0.39 is 33.6 Å². The van der Waals surface area contributed by atoms with Gasteiger partial charge in [-0.15, -0.1) is 0 Å². The fourth-order valence-electron chi connectivity index (χ4n) is 1.88. The number of anilines is 1. The van der Waals surface area contributed by atoms with Gasteiger partial charge in [-0.2, -0.15) is 0 Å². The number of carboxylic acid groups (broad SMARTS) is 1. The van der Waals surface area contributed by atoms with Gasteiger partial charge in [-0.05, 0) is 24.3 Å². The zero-order valence-corrected chi connectivity index (χ0v) is 12.8. The molecule has 0 saturated carbocycles. The molecule has 0 aliphatic carbocycles. The maximum Gasteiger partial charge on any atom is 0.336 e. The third-order valence-electron chi connectivity index (χ3n) is 2.88. The van der Waals surface area contributed by atoms with E-state index in [0.717, 1.165) is 12.1 Å². The first-order chi connectivity index (χ1) is 10.8. The summed E-state index contributed by atoms with van der Waals surface area (Å²) in [6.07, 6.45) is 0. The highest BCUT2D eigenvalue weighted by Gasteiger charge is 2.27. The lowest BCUT2D eigenvalue weighted by molar-refractivity contribution is -0.385. The Morgan fingerprint density at radius 2 is 1.87 bits per heavy atom. The molecule has 23 heavy (non-hydrogen) atoms. The summed E-state index contributed by atoms with van der Waals surface area (Å²) in [7, 11) is 0. The molecule has 9 heteroatoms. The third kappa shape index (κ3) is 3.58. The number of hydrogen-bond acceptors (Lipinski definition) is 4. The van der Waals surface area contributed by atoms with E-state index in [2.05, 4.69) is 5.32 Å². The van der Waals surface area contributed by atoms with Crippen LogP contribution in [0.3, 0.4) is 0 Å². The van der Waals surface area contributed by atoms with E-state index in [1.807, 2.05) is 0 Å². The molecule has 0 aliphatic heterocycles. The van der Waals surface area contributed by atoms with Crippen LogP contribution in [-0.4, -0.2) is 21.9 Å². The molecule has 2 aromatic carbocycles. The first-order valence-electron chi connectivity index (χ1n) is 6.08. The number of benzene rings is 2. The van der Waals surface area contributed by atoms with Crippen LogP contribution in [0.25, 0.3) is 0 Å². The van der Waals surface area contributed by atoms with Crippen molar-refractivity contribution >= 4 is 46.5 Å². The predicted molar refractivity (Wildman–Crippen MR) is 84.5 cm³/mol. The maximum atomic E-state index is 12.3. The number of rotatable bonds is 4. The van der Waals surface area contributed by atoms with Gasteiger partial charge in [-0.1, -0.05) is 29.3 Å². The minimum absolute atomic E-state index is 0.112. The molecule has 0 heterocycles. The van der Waals surface area contributed by atoms with E-state index >= 15 is 0 Å². The van der Waals surface area contributed by atoms with Gasteiger partial charge in [0.05, 0.1) is 21.2 Å². The smallest absolute Gasteiger partial charge is 0.336 e. The molecule has 7 nitrogen and oxygen atoms in total. The van der Waals surface area contributed by atoms with Gasteiger partial charge in [-0.25, -0.2) is 4.79 Å². The number of nitro benzene ring substituents is 1. The van der Waals surface area contributed by atoms with Crippen LogP contribution in [0.2, 0.25) is 10.0 Å². The van der Waals surface area contributed by atoms with Gasteiger partial charge in [0, 0.05) is 11.1 Å². The summed E-state index contributed by atoms with van der Waals surface area (Å²) in [5.74, 6) is -2.42. The highest BCUT2D eigenvalue weighted by molar-refractivity contribution is 6.37. The molecular formula is C14H8Cl2N2O5. The normalized spacial score (nSPS) is 10.2. The average molecular weight is 355 g/mol. The number of amides is 1. The van der Waals surface area contributed by atoms with Crippen LogP contribution < -0.4 is 5.32 Å². The molecule has 0 aromatic heterocycles. The molecule has 0 fully saturated rings. The topological polar surface area (TPSA) is 110 Å². The molecule has 2 rings (SSSR count). The number of nitro groups is 1. The second-order valence-corrected chi connectivity index (χ2v) is 5.18. The molecule has 0 unspecified atom stereocenters. The average Bonchev–Trinajstić information content (AvgIpc) is 2.49. The molecule has 1 amide bonds. The predicted octanol–water partition coefficient (Wildman–Crippen LogP) is 3.85. The second kappa shape index (κ2) is 6.64. The van der Waals surface area contributed by atoms with Crippen molar-refractivity contribution in [1.29, 1.82) is 0 Å². The van der Waals surface area contributed by atoms with E-state index in [-0.39, 0.29) is 10.7 Å². The molecule has 0 spiro atoms. The van der Waals surface area contributed by atoms with Crippen LogP contribution in [0.4, 0.5) is 11.4 Å². The molecule has 0 radical (unpaired) electrons. The Balaban J connectivity index is 2.50. The standard InChI is InChI=1S/C14H8Cl2N2O5/c15-7-4-5-10(9(16)6-7)17-13(19)12-8(14(20)21)2-1-3-11(12)18(22)23/h1-6H,(H,17,19)(H,20,21). The van der Waals surface area contributed by atoms with E-state index in [1.54, 1.807) is 0 Å². The summed E-state index contributed by atoms with van der Waals surface area (Å²) in [6.45, 7) is 0. The lowest BCUT2D eigenvalue weighted by Crippen LogP contribution is -2.18. The Morgan fingerprint density at radius 3 is 2.43 bits per heavy atom. The van der Waals surface area contributed by atoms with Crippen LogP contribution >= 0.6 is 23.2 Å². The van der Waals surface area contributed by atoms with Gasteiger partial charge in [0.15, 0.2) is 0 Å². The maximum absolute atomic E-state index is 12.3. The van der Waals surface area contributed by atoms with Gasteiger partial charge in [0.25, 0.3) is 11.6 Å². The van der Waals surface area contributed by atoms with E-state index in [4.69, 9.17) is 28.3 Å². The lowest BCUT2D eigenvalue weighted by atomic mass is 10.0. The van der Waals surface area contributed by atoms with Crippen molar-refractivity contribution in [2.75, 3.05) is 5.32 Å². The van der Waals surface area contributed by atoms with E-state index in [1.165, 1.54) is 24.3 Å². The van der Waals surface area contributed by atoms with Crippen molar-refractivity contribution in [2.24, 2.45) is 0 Å². The summed E-state index contributed by atoms with van der Waals surface area (Å²) in [5.41, 5.74) is -1.51. The molecule has 0 bridgehead atoms. The minimum atomic E-state index is -1.46. The first-order valence-corrected chi connectivity index (χ1v) is 6.84. The molecule has 0 aliphatic rings. The molecule has 118 valence electrons. The zero-order valence-electron chi connectivity index (χ0n) is 11.2. The van der Waals surface area contributed by atoms with Crippen molar-refractivity contribution in [3.8, 4) is 0 Å². The molecule has 0 atom stereocenters. The summed E-state index contributed by atoms with van der Waals surface area (Å²) in [4.78, 5) is 33.8. The number of hydrogen-bond donors (Lipinski definition) is 2. The highest BCUT2D eigenvalue weighted by atomic mass is 35.5. The molecular weight excluding hydrogens is 347 g/mol. The number of nitrogens with one attached hydrogen (secondary N) is 1. The number of aromatic carboxylic acids is 1. The second-order valence-electron chi connectivity index (χ2n) is 4.34. The van der Waals surface area contributed by atoms with Gasteiger partial charge < -0.3 is 10.4 Å². The number of carboxylic acids is 1. The Hall–Kier alpha value is -2.64. The third-order valence-corrected chi connectivity index (χ3v) is 3.42. The van der Waals surface area contributed by atoms with Gasteiger partial charge in [-0.3, -0.25) is 14.9 Å². The molecule has 0 saturated heterocycles. The van der Waals surface area contributed by atoms with Crippen LogP contribution in [0.15, 0.2) is 36.4 Å². The summed E-state index contributed by atoms with van der Waals surface area (Å²) in [5, 5.41) is 23.0. The Kier molecular flexibility index (Phi) is 4.83. The first kappa shape index (κ1) is 16.7. The summed E-state index contributed by atoms with van der Waals surface area (Å²) >= 11 is 11.7. The monoisotopic (exact) mass is 354 g/mol. The number of carbonyl (C=O) groups excluding carboxylic acids is 1. The van der Waals surface area contributed by atoms with Crippen LogP contribution in [0.1, 0.15) is 20.7 Å². The number of halogens is 2. The van der Waals surface area contributed by atoms with Crippen LogP contribution in [0.5, 0.6) is 0 Å². The lowest BCUT2D eigenvalue weighted by Gasteiger charge is -2.10. The Labute approximate surface area is 139 Å². The van der Waals surface area contributed by atoms with Crippen molar-refractivity contribution in [3.05, 3.63) is 67.7 Å². The van der Waals surface area contributed by atoms with Crippen molar-refractivity contribution < 1.29 is 19.6 Å². The minimum Gasteiger partial charge on any atom is -0.478 e. The largest absolute Gasteiger partial charge is 0.478 e. The zero-order chi connectivity index (χ0) is 17.1. The number of carbonyl (C=O) groups is 2.